The van der Waals surface area contributed by atoms with Gasteiger partial charge in [0, 0.05) is 11.1 Å². The molecule has 2 rings (SSSR count). The molecule has 0 radical (unpaired) electrons. The summed E-state index contributed by atoms with van der Waals surface area (Å²) in [5.41, 5.74) is 4.82. The Balaban J connectivity index is 2.55. The summed E-state index contributed by atoms with van der Waals surface area (Å²) in [6, 6.07) is 8.34. The van der Waals surface area contributed by atoms with Crippen LogP contribution in [0, 0.1) is 13.8 Å². The van der Waals surface area contributed by atoms with Gasteiger partial charge in [0.25, 0.3) is 0 Å². The largest absolute Gasteiger partial charge is 0.252 e. The minimum absolute atomic E-state index is 1.09. The molecule has 2 aromatic rings. The molecule has 0 saturated heterocycles. The topological polar surface area (TPSA) is 12.9 Å². The van der Waals surface area contributed by atoms with Crippen LogP contribution >= 0.6 is 0 Å². The van der Waals surface area contributed by atoms with Crippen LogP contribution in [0.15, 0.2) is 30.3 Å². The van der Waals surface area contributed by atoms with Crippen LogP contribution in [0.25, 0.3) is 17.0 Å². The summed E-state index contributed by atoms with van der Waals surface area (Å²) >= 11 is 0. The fourth-order valence-electron chi connectivity index (χ4n) is 2.16. The SMILES string of the molecule is CCC/C=C/c1c(C)nc2ccccc2c1C. The van der Waals surface area contributed by atoms with Crippen molar-refractivity contribution >= 4 is 17.0 Å². The lowest BCUT2D eigenvalue weighted by molar-refractivity contribution is 0.962. The van der Waals surface area contributed by atoms with Gasteiger partial charge in [-0.25, -0.2) is 0 Å². The third-order valence-corrected chi connectivity index (χ3v) is 3.13. The molecule has 0 spiro atoms. The Morgan fingerprint density at radius 3 is 2.71 bits per heavy atom. The van der Waals surface area contributed by atoms with Crippen molar-refractivity contribution in [3.05, 3.63) is 47.2 Å². The van der Waals surface area contributed by atoms with E-state index in [2.05, 4.69) is 56.1 Å². The number of benzene rings is 1. The first-order valence-corrected chi connectivity index (χ1v) is 6.26. The maximum atomic E-state index is 4.66. The average Bonchev–Trinajstić information content (AvgIpc) is 2.33. The number of hydrogen-bond donors (Lipinski definition) is 0. The van der Waals surface area contributed by atoms with E-state index in [-0.39, 0.29) is 0 Å². The van der Waals surface area contributed by atoms with E-state index < -0.39 is 0 Å². The van der Waals surface area contributed by atoms with Gasteiger partial charge in [-0.15, -0.1) is 0 Å². The number of rotatable bonds is 3. The number of unbranched alkanes of at least 4 members (excludes halogenated alkanes) is 1. The first-order valence-electron chi connectivity index (χ1n) is 6.26. The van der Waals surface area contributed by atoms with Crippen LogP contribution in [0.4, 0.5) is 0 Å². The number of pyridine rings is 1. The highest BCUT2D eigenvalue weighted by Gasteiger charge is 2.05. The zero-order valence-electron chi connectivity index (χ0n) is 10.8. The van der Waals surface area contributed by atoms with Crippen molar-refractivity contribution in [2.45, 2.75) is 33.6 Å². The van der Waals surface area contributed by atoms with E-state index >= 15 is 0 Å². The summed E-state index contributed by atoms with van der Waals surface area (Å²) in [5, 5.41) is 1.26. The van der Waals surface area contributed by atoms with Crippen LogP contribution < -0.4 is 0 Å². The predicted octanol–water partition coefficient (Wildman–Crippen LogP) is 4.66. The Labute approximate surface area is 103 Å². The quantitative estimate of drug-likeness (QED) is 0.740. The minimum atomic E-state index is 1.09. The van der Waals surface area contributed by atoms with Gasteiger partial charge in [-0.1, -0.05) is 43.7 Å². The molecular formula is C16H19N. The molecule has 1 aromatic carbocycles. The van der Waals surface area contributed by atoms with Gasteiger partial charge >= 0.3 is 0 Å². The summed E-state index contributed by atoms with van der Waals surface area (Å²) in [7, 11) is 0. The first kappa shape index (κ1) is 11.8. The average molecular weight is 225 g/mol. The van der Waals surface area contributed by atoms with Gasteiger partial charge in [-0.05, 0) is 37.5 Å². The highest BCUT2D eigenvalue weighted by atomic mass is 14.7. The summed E-state index contributed by atoms with van der Waals surface area (Å²) < 4.78 is 0. The second kappa shape index (κ2) is 5.13. The molecule has 0 N–H and O–H groups in total. The van der Waals surface area contributed by atoms with Crippen molar-refractivity contribution < 1.29 is 0 Å². The second-order valence-corrected chi connectivity index (χ2v) is 4.44. The molecule has 0 aliphatic heterocycles. The zero-order valence-corrected chi connectivity index (χ0v) is 10.8. The molecule has 0 amide bonds. The lowest BCUT2D eigenvalue weighted by atomic mass is 10.0. The lowest BCUT2D eigenvalue weighted by Gasteiger charge is -2.09. The second-order valence-electron chi connectivity index (χ2n) is 4.44. The van der Waals surface area contributed by atoms with Gasteiger partial charge in [0.15, 0.2) is 0 Å². The van der Waals surface area contributed by atoms with E-state index in [1.807, 2.05) is 6.07 Å². The maximum absolute atomic E-state index is 4.66. The minimum Gasteiger partial charge on any atom is -0.252 e. The molecule has 1 aromatic heterocycles. The molecule has 1 heterocycles. The van der Waals surface area contributed by atoms with Gasteiger partial charge in [0.1, 0.15) is 0 Å². The van der Waals surface area contributed by atoms with Gasteiger partial charge in [0.2, 0.25) is 0 Å². The van der Waals surface area contributed by atoms with E-state index in [1.54, 1.807) is 0 Å². The van der Waals surface area contributed by atoms with E-state index in [4.69, 9.17) is 0 Å². The number of fused-ring (bicyclic) bond motifs is 1. The molecule has 0 saturated carbocycles. The fourth-order valence-corrected chi connectivity index (χ4v) is 2.16. The van der Waals surface area contributed by atoms with Crippen LogP contribution in [-0.4, -0.2) is 4.98 Å². The Morgan fingerprint density at radius 1 is 1.18 bits per heavy atom. The van der Waals surface area contributed by atoms with Crippen molar-refractivity contribution in [2.75, 3.05) is 0 Å². The molecule has 1 heteroatoms. The number of aryl methyl sites for hydroxylation is 2. The molecule has 0 fully saturated rings. The molecule has 0 aliphatic rings. The number of allylic oxidation sites excluding steroid dienone is 1. The molecular weight excluding hydrogens is 206 g/mol. The van der Waals surface area contributed by atoms with E-state index in [0.717, 1.165) is 17.6 Å². The lowest BCUT2D eigenvalue weighted by Crippen LogP contribution is -1.93. The van der Waals surface area contributed by atoms with Gasteiger partial charge in [-0.3, -0.25) is 4.98 Å². The fraction of sp³-hybridized carbons (Fsp3) is 0.312. The molecule has 0 bridgehead atoms. The third kappa shape index (κ3) is 2.38. The van der Waals surface area contributed by atoms with Crippen molar-refractivity contribution in [3.8, 4) is 0 Å². The number of hydrogen-bond acceptors (Lipinski definition) is 1. The van der Waals surface area contributed by atoms with Gasteiger partial charge < -0.3 is 0 Å². The highest BCUT2D eigenvalue weighted by molar-refractivity contribution is 5.85. The predicted molar refractivity (Wildman–Crippen MR) is 75.2 cm³/mol. The Kier molecular flexibility index (Phi) is 3.58. The third-order valence-electron chi connectivity index (χ3n) is 3.13. The van der Waals surface area contributed by atoms with Crippen molar-refractivity contribution in [2.24, 2.45) is 0 Å². The summed E-state index contributed by atoms with van der Waals surface area (Å²) in [6.07, 6.45) is 6.78. The Morgan fingerprint density at radius 2 is 1.94 bits per heavy atom. The van der Waals surface area contributed by atoms with Crippen LogP contribution in [-0.2, 0) is 0 Å². The zero-order chi connectivity index (χ0) is 12.3. The van der Waals surface area contributed by atoms with Crippen LogP contribution in [0.1, 0.15) is 36.6 Å². The molecule has 0 atom stereocenters. The normalized spacial score (nSPS) is 11.5. The summed E-state index contributed by atoms with van der Waals surface area (Å²) in [6.45, 7) is 6.47. The first-order chi connectivity index (χ1) is 8.24. The summed E-state index contributed by atoms with van der Waals surface area (Å²) in [4.78, 5) is 4.66. The number of aromatic nitrogens is 1. The Bertz CT molecular complexity index is 553. The standard InChI is InChI=1S/C16H19N/c1-4-5-6-9-14-12(2)15-10-7-8-11-16(15)17-13(14)3/h6-11H,4-5H2,1-3H3/b9-6+. The van der Waals surface area contributed by atoms with Crippen molar-refractivity contribution in [1.82, 2.24) is 4.98 Å². The smallest absolute Gasteiger partial charge is 0.0708 e. The van der Waals surface area contributed by atoms with Crippen LogP contribution in [0.3, 0.4) is 0 Å². The molecule has 0 aliphatic carbocycles. The van der Waals surface area contributed by atoms with Crippen LogP contribution in [0.2, 0.25) is 0 Å². The maximum Gasteiger partial charge on any atom is 0.0708 e. The number of nitrogens with zero attached hydrogens (tertiary/aromatic N) is 1. The van der Waals surface area contributed by atoms with Crippen molar-refractivity contribution in [1.29, 1.82) is 0 Å². The van der Waals surface area contributed by atoms with Gasteiger partial charge in [0.05, 0.1) is 5.52 Å². The highest BCUT2D eigenvalue weighted by Crippen LogP contribution is 2.23. The number of para-hydroxylation sites is 1. The van der Waals surface area contributed by atoms with E-state index in [1.165, 1.54) is 22.9 Å². The van der Waals surface area contributed by atoms with Crippen LogP contribution in [0.5, 0.6) is 0 Å². The van der Waals surface area contributed by atoms with Crippen molar-refractivity contribution in [3.63, 3.8) is 0 Å². The molecule has 0 unspecified atom stereocenters. The van der Waals surface area contributed by atoms with Gasteiger partial charge in [-0.2, -0.15) is 0 Å². The monoisotopic (exact) mass is 225 g/mol. The Hall–Kier alpha value is -1.63. The van der Waals surface area contributed by atoms with E-state index in [9.17, 15) is 0 Å². The molecule has 88 valence electrons. The molecule has 1 nitrogen and oxygen atoms in total. The molecule has 17 heavy (non-hydrogen) atoms. The summed E-state index contributed by atoms with van der Waals surface area (Å²) in [5.74, 6) is 0. The van der Waals surface area contributed by atoms with E-state index in [0.29, 0.717) is 0 Å².